The molecular weight excluding hydrogens is 749 g/mol. The van der Waals surface area contributed by atoms with Crippen LogP contribution in [0.2, 0.25) is 0 Å². The maximum absolute atomic E-state index is 2.46. The predicted molar refractivity (Wildman–Crippen MR) is 264 cm³/mol. The van der Waals surface area contributed by atoms with Crippen molar-refractivity contribution >= 4 is 49.6 Å². The van der Waals surface area contributed by atoms with Crippen LogP contribution in [0.3, 0.4) is 0 Å². The normalized spacial score (nSPS) is 11.4. The predicted octanol–water partition coefficient (Wildman–Crippen LogP) is 16.7. The minimum Gasteiger partial charge on any atom is -0.310 e. The summed E-state index contributed by atoms with van der Waals surface area (Å²) in [6.45, 7) is 4.44. The first-order chi connectivity index (χ1) is 30.6. The lowest BCUT2D eigenvalue weighted by Crippen LogP contribution is -2.11. The van der Waals surface area contributed by atoms with Crippen LogP contribution in [0, 0.1) is 13.8 Å². The van der Waals surface area contributed by atoms with Crippen LogP contribution in [0.4, 0.5) is 17.1 Å². The summed E-state index contributed by atoms with van der Waals surface area (Å²) in [5.74, 6) is 0. The van der Waals surface area contributed by atoms with Gasteiger partial charge in [-0.25, -0.2) is 0 Å². The van der Waals surface area contributed by atoms with E-state index in [2.05, 4.69) is 254 Å². The molecule has 0 saturated heterocycles. The molecule has 0 bridgehead atoms. The number of aryl methyl sites for hydroxylation is 2. The Kier molecular flexibility index (Phi) is 9.32. The molecule has 0 unspecified atom stereocenters. The molecule has 294 valence electrons. The molecule has 0 aliphatic heterocycles. The molecule has 0 atom stereocenters. The summed E-state index contributed by atoms with van der Waals surface area (Å²) in [5.41, 5.74) is 19.0. The van der Waals surface area contributed by atoms with Crippen LogP contribution < -0.4 is 4.90 Å². The molecule has 0 aliphatic carbocycles. The fraction of sp³-hybridized carbons (Fsp3) is 0.0333. The van der Waals surface area contributed by atoms with E-state index in [-0.39, 0.29) is 0 Å². The van der Waals surface area contributed by atoms with Crippen molar-refractivity contribution in [3.05, 3.63) is 242 Å². The molecule has 11 aromatic rings. The zero-order valence-electron chi connectivity index (χ0n) is 34.8. The van der Waals surface area contributed by atoms with E-state index in [9.17, 15) is 0 Å². The Morgan fingerprint density at radius 3 is 1.68 bits per heavy atom. The highest BCUT2D eigenvalue weighted by Crippen LogP contribution is 2.47. The van der Waals surface area contributed by atoms with Crippen LogP contribution in [-0.2, 0) is 0 Å². The fourth-order valence-corrected chi connectivity index (χ4v) is 9.55. The molecule has 2 heteroatoms. The lowest BCUT2D eigenvalue weighted by molar-refractivity contribution is 1.17. The van der Waals surface area contributed by atoms with Gasteiger partial charge >= 0.3 is 0 Å². The number of nitrogens with zero attached hydrogens (tertiary/aromatic N) is 2. The molecule has 1 aromatic heterocycles. The summed E-state index contributed by atoms with van der Waals surface area (Å²) in [6.07, 6.45) is 0. The number of hydrogen-bond donors (Lipinski definition) is 0. The lowest BCUT2D eigenvalue weighted by Gasteiger charge is -2.29. The van der Waals surface area contributed by atoms with Gasteiger partial charge in [0.25, 0.3) is 0 Å². The van der Waals surface area contributed by atoms with Crippen molar-refractivity contribution in [3.8, 4) is 50.2 Å². The van der Waals surface area contributed by atoms with Crippen molar-refractivity contribution < 1.29 is 0 Å². The fourth-order valence-electron chi connectivity index (χ4n) is 9.55. The van der Waals surface area contributed by atoms with E-state index in [1.54, 1.807) is 0 Å². The molecule has 11 rings (SSSR count). The van der Waals surface area contributed by atoms with Gasteiger partial charge < -0.3 is 9.47 Å². The Balaban J connectivity index is 1.13. The molecule has 62 heavy (non-hydrogen) atoms. The van der Waals surface area contributed by atoms with Crippen LogP contribution in [0.15, 0.2) is 231 Å². The highest BCUT2D eigenvalue weighted by molar-refractivity contribution is 6.13. The summed E-state index contributed by atoms with van der Waals surface area (Å²) in [7, 11) is 0. The van der Waals surface area contributed by atoms with Crippen LogP contribution >= 0.6 is 0 Å². The minimum absolute atomic E-state index is 1.08. The van der Waals surface area contributed by atoms with Gasteiger partial charge in [0, 0.05) is 33.4 Å². The van der Waals surface area contributed by atoms with E-state index in [1.165, 1.54) is 82.6 Å². The Morgan fingerprint density at radius 2 is 0.968 bits per heavy atom. The Morgan fingerprint density at radius 1 is 0.371 bits per heavy atom. The second-order valence-electron chi connectivity index (χ2n) is 16.3. The van der Waals surface area contributed by atoms with Gasteiger partial charge in [-0.2, -0.15) is 0 Å². The smallest absolute Gasteiger partial charge is 0.0562 e. The van der Waals surface area contributed by atoms with E-state index in [0.29, 0.717) is 0 Å². The summed E-state index contributed by atoms with van der Waals surface area (Å²) < 4.78 is 2.44. The summed E-state index contributed by atoms with van der Waals surface area (Å²) in [4.78, 5) is 2.46. The number of hydrogen-bond acceptors (Lipinski definition) is 1. The highest BCUT2D eigenvalue weighted by Gasteiger charge is 2.22. The topological polar surface area (TPSA) is 8.17 Å². The first-order valence-corrected chi connectivity index (χ1v) is 21.4. The SMILES string of the molecule is Cc1cc(C)c2c3ccc(N(c4ccc(-c5ccc(-c6ccccc6)c(-c6ccccc6)c5)cc4)c4ccc5ccccc5c4-c4ccccc4)cc3n(-c3ccccc3)c2c1. The molecular formula is C60H44N2. The van der Waals surface area contributed by atoms with Gasteiger partial charge in [-0.3, -0.25) is 0 Å². The van der Waals surface area contributed by atoms with Gasteiger partial charge in [-0.15, -0.1) is 0 Å². The zero-order chi connectivity index (χ0) is 41.6. The van der Waals surface area contributed by atoms with Crippen molar-refractivity contribution in [2.75, 3.05) is 4.90 Å². The van der Waals surface area contributed by atoms with Crippen molar-refractivity contribution in [2.24, 2.45) is 0 Å². The van der Waals surface area contributed by atoms with Crippen LogP contribution in [-0.4, -0.2) is 4.57 Å². The highest BCUT2D eigenvalue weighted by atomic mass is 15.1. The Bertz CT molecular complexity index is 3390. The van der Waals surface area contributed by atoms with Crippen molar-refractivity contribution in [1.29, 1.82) is 0 Å². The molecule has 0 amide bonds. The van der Waals surface area contributed by atoms with Crippen molar-refractivity contribution in [1.82, 2.24) is 4.57 Å². The van der Waals surface area contributed by atoms with Crippen LogP contribution in [0.1, 0.15) is 11.1 Å². The maximum atomic E-state index is 2.46. The standard InChI is InChI=1S/C60H44N2/c1-41-37-42(2)59-54-35-33-51(40-57(54)62(58(59)38-41)49-24-13-6-14-25-49)61(56-36-30-46-21-15-16-26-53(46)60(56)47-22-11-5-12-23-47)50-31-27-43(28-32-50)48-29-34-52(44-17-7-3-8-18-44)55(39-48)45-19-9-4-10-20-45/h3-40H,1-2H3. The quantitative estimate of drug-likeness (QED) is 0.149. The largest absolute Gasteiger partial charge is 0.310 e. The Hall–Kier alpha value is -7.94. The average Bonchev–Trinajstić information content (AvgIpc) is 3.66. The molecule has 0 aliphatic rings. The molecule has 1 heterocycles. The van der Waals surface area contributed by atoms with Gasteiger partial charge in [-0.1, -0.05) is 176 Å². The van der Waals surface area contributed by atoms with E-state index in [4.69, 9.17) is 0 Å². The second-order valence-corrected chi connectivity index (χ2v) is 16.3. The third-order valence-corrected chi connectivity index (χ3v) is 12.3. The third-order valence-electron chi connectivity index (χ3n) is 12.3. The molecule has 0 N–H and O–H groups in total. The van der Waals surface area contributed by atoms with Crippen molar-refractivity contribution in [2.45, 2.75) is 13.8 Å². The monoisotopic (exact) mass is 792 g/mol. The van der Waals surface area contributed by atoms with E-state index in [1.807, 2.05) is 0 Å². The molecule has 0 saturated carbocycles. The van der Waals surface area contributed by atoms with Gasteiger partial charge in [0.1, 0.15) is 0 Å². The van der Waals surface area contributed by atoms with Gasteiger partial charge in [0.15, 0.2) is 0 Å². The van der Waals surface area contributed by atoms with Crippen molar-refractivity contribution in [3.63, 3.8) is 0 Å². The number of para-hydroxylation sites is 1. The molecule has 2 nitrogen and oxygen atoms in total. The minimum atomic E-state index is 1.08. The first kappa shape index (κ1) is 37.1. The molecule has 0 spiro atoms. The van der Waals surface area contributed by atoms with E-state index >= 15 is 0 Å². The number of fused-ring (bicyclic) bond motifs is 4. The molecule has 0 radical (unpaired) electrons. The summed E-state index contributed by atoms with van der Waals surface area (Å²) in [5, 5.41) is 4.97. The third kappa shape index (κ3) is 6.54. The van der Waals surface area contributed by atoms with Gasteiger partial charge in [0.05, 0.1) is 16.7 Å². The second kappa shape index (κ2) is 15.6. The zero-order valence-corrected chi connectivity index (χ0v) is 34.8. The summed E-state index contributed by atoms with van der Waals surface area (Å²) >= 11 is 0. The first-order valence-electron chi connectivity index (χ1n) is 21.4. The lowest BCUT2D eigenvalue weighted by atomic mass is 9.91. The van der Waals surface area contributed by atoms with Gasteiger partial charge in [-0.05, 0) is 129 Å². The van der Waals surface area contributed by atoms with E-state index in [0.717, 1.165) is 28.3 Å². The number of anilines is 3. The maximum Gasteiger partial charge on any atom is 0.0562 e. The van der Waals surface area contributed by atoms with Crippen LogP contribution in [0.5, 0.6) is 0 Å². The Labute approximate surface area is 363 Å². The molecule has 0 fully saturated rings. The van der Waals surface area contributed by atoms with E-state index < -0.39 is 0 Å². The number of benzene rings is 10. The van der Waals surface area contributed by atoms with Crippen LogP contribution in [0.25, 0.3) is 82.8 Å². The summed E-state index contributed by atoms with van der Waals surface area (Å²) in [6, 6.07) is 84.1. The number of rotatable bonds is 8. The average molecular weight is 793 g/mol. The number of aromatic nitrogens is 1. The molecule has 10 aromatic carbocycles. The van der Waals surface area contributed by atoms with Gasteiger partial charge in [0.2, 0.25) is 0 Å².